The van der Waals surface area contributed by atoms with Crippen molar-refractivity contribution in [3.63, 3.8) is 0 Å². The van der Waals surface area contributed by atoms with Crippen molar-refractivity contribution in [2.75, 3.05) is 13.2 Å². The van der Waals surface area contributed by atoms with Crippen LogP contribution in [0.3, 0.4) is 0 Å². The van der Waals surface area contributed by atoms with E-state index in [-0.39, 0.29) is 24.5 Å². The number of hydrogen-bond donors (Lipinski definition) is 12. The molecule has 0 spiro atoms. The Morgan fingerprint density at radius 1 is 0.673 bits per heavy atom. The minimum Gasteiger partial charge on any atom is -0.508 e. The average molecular weight is 781 g/mol. The highest BCUT2D eigenvalue weighted by Crippen LogP contribution is 2.13. The smallest absolute Gasteiger partial charge is 0.326 e. The van der Waals surface area contributed by atoms with Gasteiger partial charge in [-0.05, 0) is 42.4 Å². The molecular formula is C34H52N8O13. The number of nitrogens with two attached hydrogens (primary N) is 2. The predicted octanol–water partition coefficient (Wildman–Crippen LogP) is -3.68. The first-order valence-corrected chi connectivity index (χ1v) is 17.3. The van der Waals surface area contributed by atoms with Gasteiger partial charge in [-0.2, -0.15) is 0 Å². The Hall–Kier alpha value is -5.83. The van der Waals surface area contributed by atoms with E-state index in [0.29, 0.717) is 5.56 Å². The van der Waals surface area contributed by atoms with Gasteiger partial charge in [-0.3, -0.25) is 38.4 Å². The number of amides is 7. The molecule has 21 heteroatoms. The fourth-order valence-electron chi connectivity index (χ4n) is 5.02. The largest absolute Gasteiger partial charge is 0.508 e. The summed E-state index contributed by atoms with van der Waals surface area (Å²) in [5.41, 5.74) is 10.9. The number of aliphatic carboxylic acids is 2. The first-order chi connectivity index (χ1) is 25.7. The standard InChI is InChI=1S/C34H52N8O13/c1-16(2)11-23(34(54)55)40-33(53)28(17(3)4)42-29(49)20(9-10-25(36)45)38-32(52)24(15-43)41-30(50)21(12-18-5-7-19(44)8-6-18)39-31(51)22(13-27(47)48)37-26(46)14-35/h5-8,16-17,20-24,28,43-44H,9-15,35H2,1-4H3,(H2,36,45)(H,37,46)(H,38,52)(H,39,51)(H,40,53)(H,41,50)(H,42,49)(H,47,48)(H,54,55)/t20-,21-,22-,23-,24-,28-/m0/s1. The number of rotatable bonds is 24. The summed E-state index contributed by atoms with van der Waals surface area (Å²) in [6.07, 6.45) is -1.92. The molecule has 0 aliphatic heterocycles. The molecule has 6 atom stereocenters. The Morgan fingerprint density at radius 3 is 1.67 bits per heavy atom. The summed E-state index contributed by atoms with van der Waals surface area (Å²) in [6, 6.07) is -3.80. The third-order valence-corrected chi connectivity index (χ3v) is 7.92. The van der Waals surface area contributed by atoms with Crippen molar-refractivity contribution in [3.8, 4) is 5.75 Å². The van der Waals surface area contributed by atoms with Crippen molar-refractivity contribution in [2.24, 2.45) is 23.3 Å². The van der Waals surface area contributed by atoms with Gasteiger partial charge in [-0.25, -0.2) is 4.79 Å². The minimum absolute atomic E-state index is 0.0959. The van der Waals surface area contributed by atoms with E-state index in [0.717, 1.165) is 0 Å². The highest BCUT2D eigenvalue weighted by atomic mass is 16.4. The van der Waals surface area contributed by atoms with Crippen molar-refractivity contribution in [1.82, 2.24) is 31.9 Å². The quantitative estimate of drug-likeness (QED) is 0.0481. The van der Waals surface area contributed by atoms with Crippen LogP contribution >= 0.6 is 0 Å². The molecule has 21 nitrogen and oxygen atoms in total. The van der Waals surface area contributed by atoms with Crippen LogP contribution in [0.25, 0.3) is 0 Å². The zero-order chi connectivity index (χ0) is 42.0. The lowest BCUT2D eigenvalue weighted by Crippen LogP contribution is -2.61. The molecular weight excluding hydrogens is 728 g/mol. The predicted molar refractivity (Wildman–Crippen MR) is 192 cm³/mol. The lowest BCUT2D eigenvalue weighted by molar-refractivity contribution is -0.143. The van der Waals surface area contributed by atoms with Gasteiger partial charge in [0.25, 0.3) is 0 Å². The van der Waals surface area contributed by atoms with Gasteiger partial charge in [-0.1, -0.05) is 39.8 Å². The van der Waals surface area contributed by atoms with E-state index in [1.807, 2.05) is 0 Å². The summed E-state index contributed by atoms with van der Waals surface area (Å²) in [7, 11) is 0. The number of phenolic OH excluding ortho intramolecular Hbond substituents is 1. The van der Waals surface area contributed by atoms with Crippen LogP contribution < -0.4 is 43.4 Å². The van der Waals surface area contributed by atoms with Crippen LogP contribution in [0.5, 0.6) is 5.75 Å². The highest BCUT2D eigenvalue weighted by molar-refractivity contribution is 5.97. The minimum atomic E-state index is -1.79. The Kier molecular flexibility index (Phi) is 19.8. The number of carbonyl (C=O) groups is 9. The molecule has 0 fully saturated rings. The molecule has 1 rings (SSSR count). The molecule has 0 saturated heterocycles. The maximum atomic E-state index is 13.6. The Labute approximate surface area is 316 Å². The van der Waals surface area contributed by atoms with Crippen molar-refractivity contribution >= 4 is 53.3 Å². The van der Waals surface area contributed by atoms with E-state index >= 15 is 0 Å². The van der Waals surface area contributed by atoms with Crippen molar-refractivity contribution in [2.45, 2.75) is 96.1 Å². The second-order valence-electron chi connectivity index (χ2n) is 13.4. The van der Waals surface area contributed by atoms with Gasteiger partial charge >= 0.3 is 11.9 Å². The maximum Gasteiger partial charge on any atom is 0.326 e. The van der Waals surface area contributed by atoms with Crippen molar-refractivity contribution < 1.29 is 63.6 Å². The molecule has 0 radical (unpaired) electrons. The summed E-state index contributed by atoms with van der Waals surface area (Å²) in [5, 5.41) is 52.4. The summed E-state index contributed by atoms with van der Waals surface area (Å²) in [6.45, 7) is 5.02. The number of aliphatic hydroxyl groups excluding tert-OH is 1. The number of hydrogen-bond acceptors (Lipinski definition) is 12. The van der Waals surface area contributed by atoms with E-state index in [1.165, 1.54) is 24.3 Å². The zero-order valence-corrected chi connectivity index (χ0v) is 31.0. The normalized spacial score (nSPS) is 14.3. The van der Waals surface area contributed by atoms with Gasteiger partial charge in [0.15, 0.2) is 0 Å². The molecule has 55 heavy (non-hydrogen) atoms. The van der Waals surface area contributed by atoms with Crippen molar-refractivity contribution in [3.05, 3.63) is 29.8 Å². The van der Waals surface area contributed by atoms with Gasteiger partial charge in [0.05, 0.1) is 19.6 Å². The van der Waals surface area contributed by atoms with Gasteiger partial charge in [0.1, 0.15) is 42.0 Å². The molecule has 0 saturated carbocycles. The van der Waals surface area contributed by atoms with Gasteiger partial charge in [0.2, 0.25) is 41.4 Å². The number of carboxylic acid groups (broad SMARTS) is 2. The van der Waals surface area contributed by atoms with Crippen LogP contribution in [0.2, 0.25) is 0 Å². The summed E-state index contributed by atoms with van der Waals surface area (Å²) in [4.78, 5) is 113. The number of nitrogens with one attached hydrogen (secondary N) is 6. The molecule has 7 amide bonds. The first-order valence-electron chi connectivity index (χ1n) is 17.3. The van der Waals surface area contributed by atoms with Crippen LogP contribution in [0.15, 0.2) is 24.3 Å². The van der Waals surface area contributed by atoms with Gasteiger partial charge in [-0.15, -0.1) is 0 Å². The average Bonchev–Trinajstić information content (AvgIpc) is 3.09. The number of carbonyl (C=O) groups excluding carboxylic acids is 7. The second-order valence-corrected chi connectivity index (χ2v) is 13.4. The second kappa shape index (κ2) is 23.1. The number of aromatic hydroxyl groups is 1. The summed E-state index contributed by atoms with van der Waals surface area (Å²) < 4.78 is 0. The fraction of sp³-hybridized carbons (Fsp3) is 0.559. The lowest BCUT2D eigenvalue weighted by atomic mass is 9.99. The fourth-order valence-corrected chi connectivity index (χ4v) is 5.02. The zero-order valence-electron chi connectivity index (χ0n) is 31.0. The van der Waals surface area contributed by atoms with Crippen LogP contribution in [0.4, 0.5) is 0 Å². The lowest BCUT2D eigenvalue weighted by Gasteiger charge is -2.28. The third-order valence-electron chi connectivity index (χ3n) is 7.92. The molecule has 0 bridgehead atoms. The number of benzene rings is 1. The highest BCUT2D eigenvalue weighted by Gasteiger charge is 2.34. The SMILES string of the molecule is CC(C)C[C@H](NC(=O)[C@@H](NC(=O)[C@H](CCC(N)=O)NC(=O)[C@H](CO)NC(=O)[C@H](Cc1ccc(O)cc1)NC(=O)[C@H](CC(=O)O)NC(=O)CN)C(C)C)C(=O)O. The van der Waals surface area contributed by atoms with Crippen LogP contribution in [-0.2, 0) is 49.6 Å². The molecule has 306 valence electrons. The third kappa shape index (κ3) is 17.2. The monoisotopic (exact) mass is 780 g/mol. The molecule has 0 heterocycles. The maximum absolute atomic E-state index is 13.6. The topological polar surface area (TPSA) is 359 Å². The number of primary amides is 1. The van der Waals surface area contributed by atoms with E-state index in [9.17, 15) is 63.6 Å². The molecule has 1 aromatic rings. The van der Waals surface area contributed by atoms with Crippen LogP contribution in [0.1, 0.15) is 58.9 Å². The molecule has 0 aliphatic carbocycles. The van der Waals surface area contributed by atoms with Gasteiger partial charge in [0, 0.05) is 12.8 Å². The molecule has 0 aliphatic rings. The van der Waals surface area contributed by atoms with E-state index in [1.54, 1.807) is 27.7 Å². The Balaban J connectivity index is 3.32. The Bertz CT molecular complexity index is 1540. The molecule has 0 aromatic heterocycles. The van der Waals surface area contributed by atoms with Gasteiger partial charge < -0.3 is 63.8 Å². The van der Waals surface area contributed by atoms with E-state index in [4.69, 9.17) is 11.5 Å². The Morgan fingerprint density at radius 2 is 1.18 bits per heavy atom. The number of phenols is 1. The summed E-state index contributed by atoms with van der Waals surface area (Å²) >= 11 is 0. The van der Waals surface area contributed by atoms with Crippen LogP contribution in [-0.4, -0.2) is 123 Å². The molecule has 0 unspecified atom stereocenters. The van der Waals surface area contributed by atoms with E-state index in [2.05, 4.69) is 31.9 Å². The van der Waals surface area contributed by atoms with Crippen LogP contribution in [0, 0.1) is 11.8 Å². The molecule has 14 N–H and O–H groups in total. The number of aliphatic hydroxyl groups is 1. The first kappa shape index (κ1) is 47.2. The molecule has 1 aromatic carbocycles. The number of carboxylic acids is 2. The van der Waals surface area contributed by atoms with Crippen molar-refractivity contribution in [1.29, 1.82) is 0 Å². The van der Waals surface area contributed by atoms with E-state index < -0.39 is 128 Å². The summed E-state index contributed by atoms with van der Waals surface area (Å²) in [5.74, 6) is -10.5.